The van der Waals surface area contributed by atoms with Crippen molar-refractivity contribution >= 4 is 39.0 Å². The number of hydrogen-bond acceptors (Lipinski definition) is 4. The highest BCUT2D eigenvalue weighted by Crippen LogP contribution is 2.28. The van der Waals surface area contributed by atoms with E-state index in [9.17, 15) is 4.79 Å². The number of carbonyl (C=O) groups is 1. The van der Waals surface area contributed by atoms with Gasteiger partial charge in [-0.05, 0) is 51.7 Å². The molecule has 0 bridgehead atoms. The number of aliphatic imine (C=N–C) groups is 1. The molecule has 0 unspecified atom stereocenters. The summed E-state index contributed by atoms with van der Waals surface area (Å²) in [4.78, 5) is 16.0. The minimum absolute atomic E-state index is 0.176. The zero-order valence-electron chi connectivity index (χ0n) is 13.5. The Hall–Kier alpha value is -2.14. The first-order chi connectivity index (χ1) is 11.7. The van der Waals surface area contributed by atoms with Gasteiger partial charge in [-0.2, -0.15) is 0 Å². The Balaban J connectivity index is 1.59. The lowest BCUT2D eigenvalue weighted by molar-refractivity contribution is -0.140. The maximum Gasteiger partial charge on any atom is 0.305 e. The number of aryl methyl sites for hydroxylation is 1. The number of para-hydroxylation sites is 1. The zero-order chi connectivity index (χ0) is 16.9. The van der Waals surface area contributed by atoms with Gasteiger partial charge in [0.2, 0.25) is 0 Å². The van der Waals surface area contributed by atoms with Crippen LogP contribution in [0.15, 0.2) is 51.9 Å². The molecule has 0 saturated heterocycles. The van der Waals surface area contributed by atoms with E-state index in [-0.39, 0.29) is 5.97 Å². The van der Waals surface area contributed by atoms with Crippen LogP contribution in [-0.2, 0) is 22.4 Å². The number of hydrogen-bond donors (Lipinski definition) is 1. The number of carbonyl (C=O) groups excluding carboxylic acids is 1. The van der Waals surface area contributed by atoms with Crippen molar-refractivity contribution in [2.24, 2.45) is 4.99 Å². The Kier molecular flexibility index (Phi) is 5.30. The molecule has 24 heavy (non-hydrogen) atoms. The highest BCUT2D eigenvalue weighted by molar-refractivity contribution is 9.10. The standard InChI is InChI=1S/C19H19BrN2O2/c1-24-19(23)9-7-13-6-8-17-14(10-13)11-15(22-17)12-21-18-5-3-2-4-16(18)20/h2-6,8,10,21H,7,9,11-12H2,1H3. The molecule has 1 N–H and O–H groups in total. The Bertz CT molecular complexity index is 787. The average Bonchev–Trinajstić information content (AvgIpc) is 3.01. The zero-order valence-corrected chi connectivity index (χ0v) is 15.1. The second kappa shape index (κ2) is 7.62. The Morgan fingerprint density at radius 3 is 2.92 bits per heavy atom. The molecule has 0 aromatic heterocycles. The molecule has 0 aliphatic carbocycles. The summed E-state index contributed by atoms with van der Waals surface area (Å²) in [5.74, 6) is -0.176. The van der Waals surface area contributed by atoms with E-state index in [4.69, 9.17) is 9.73 Å². The molecule has 2 aromatic rings. The van der Waals surface area contributed by atoms with E-state index in [1.807, 2.05) is 36.4 Å². The van der Waals surface area contributed by atoms with Gasteiger partial charge in [-0.1, -0.05) is 24.3 Å². The smallest absolute Gasteiger partial charge is 0.305 e. The van der Waals surface area contributed by atoms with Gasteiger partial charge in [-0.3, -0.25) is 9.79 Å². The third-order valence-electron chi connectivity index (χ3n) is 4.02. The SMILES string of the molecule is COC(=O)CCc1ccc2c(c1)CC(CNc1ccccc1Br)=N2. The van der Waals surface area contributed by atoms with E-state index >= 15 is 0 Å². The van der Waals surface area contributed by atoms with Crippen LogP contribution in [-0.4, -0.2) is 25.3 Å². The summed E-state index contributed by atoms with van der Waals surface area (Å²) < 4.78 is 5.74. The topological polar surface area (TPSA) is 50.7 Å². The van der Waals surface area contributed by atoms with Crippen LogP contribution in [0.5, 0.6) is 0 Å². The van der Waals surface area contributed by atoms with Crippen molar-refractivity contribution in [2.45, 2.75) is 19.3 Å². The van der Waals surface area contributed by atoms with Crippen molar-refractivity contribution < 1.29 is 9.53 Å². The van der Waals surface area contributed by atoms with Gasteiger partial charge < -0.3 is 10.1 Å². The second-order valence-corrected chi connectivity index (χ2v) is 6.58. The van der Waals surface area contributed by atoms with Crippen LogP contribution >= 0.6 is 15.9 Å². The van der Waals surface area contributed by atoms with Crippen LogP contribution in [0.1, 0.15) is 17.5 Å². The van der Waals surface area contributed by atoms with E-state index in [1.54, 1.807) is 0 Å². The molecule has 3 rings (SSSR count). The van der Waals surface area contributed by atoms with Crippen molar-refractivity contribution in [3.05, 3.63) is 58.1 Å². The van der Waals surface area contributed by atoms with Crippen LogP contribution in [0.4, 0.5) is 11.4 Å². The lowest BCUT2D eigenvalue weighted by Gasteiger charge is -2.07. The number of ether oxygens (including phenoxy) is 1. The third kappa shape index (κ3) is 4.03. The molecule has 5 heteroatoms. The van der Waals surface area contributed by atoms with Gasteiger partial charge >= 0.3 is 5.97 Å². The van der Waals surface area contributed by atoms with E-state index in [1.165, 1.54) is 12.7 Å². The maximum absolute atomic E-state index is 11.3. The van der Waals surface area contributed by atoms with Gasteiger partial charge in [0.25, 0.3) is 0 Å². The lowest BCUT2D eigenvalue weighted by Crippen LogP contribution is -2.14. The molecule has 1 heterocycles. The monoisotopic (exact) mass is 386 g/mol. The summed E-state index contributed by atoms with van der Waals surface area (Å²) in [6.07, 6.45) is 1.95. The first-order valence-corrected chi connectivity index (χ1v) is 8.68. The molecule has 0 radical (unpaired) electrons. The van der Waals surface area contributed by atoms with Gasteiger partial charge in [0, 0.05) is 28.7 Å². The number of nitrogens with one attached hydrogen (secondary N) is 1. The van der Waals surface area contributed by atoms with Crippen molar-refractivity contribution in [3.63, 3.8) is 0 Å². The minimum atomic E-state index is -0.176. The van der Waals surface area contributed by atoms with Crippen LogP contribution < -0.4 is 5.32 Å². The molecule has 0 fully saturated rings. The molecule has 0 saturated carbocycles. The molecular formula is C19H19BrN2O2. The minimum Gasteiger partial charge on any atom is -0.469 e. The number of anilines is 1. The third-order valence-corrected chi connectivity index (χ3v) is 4.71. The summed E-state index contributed by atoms with van der Waals surface area (Å²) in [5, 5.41) is 3.41. The lowest BCUT2D eigenvalue weighted by atomic mass is 10.0. The van der Waals surface area contributed by atoms with E-state index in [0.717, 1.165) is 40.1 Å². The van der Waals surface area contributed by atoms with Crippen LogP contribution in [0.25, 0.3) is 0 Å². The molecule has 0 atom stereocenters. The number of nitrogens with zero attached hydrogens (tertiary/aromatic N) is 1. The maximum atomic E-state index is 11.3. The van der Waals surface area contributed by atoms with Gasteiger partial charge in [-0.25, -0.2) is 0 Å². The van der Waals surface area contributed by atoms with Crippen molar-refractivity contribution in [3.8, 4) is 0 Å². The van der Waals surface area contributed by atoms with Gasteiger partial charge in [0.05, 0.1) is 19.3 Å². The van der Waals surface area contributed by atoms with Crippen LogP contribution in [0, 0.1) is 0 Å². The Morgan fingerprint density at radius 2 is 2.12 bits per heavy atom. The quantitative estimate of drug-likeness (QED) is 0.753. The number of halogens is 1. The number of methoxy groups -OCH3 is 1. The van der Waals surface area contributed by atoms with Crippen LogP contribution in [0.2, 0.25) is 0 Å². The van der Waals surface area contributed by atoms with Gasteiger partial charge in [-0.15, -0.1) is 0 Å². The fraction of sp³-hybridized carbons (Fsp3) is 0.263. The number of fused-ring (bicyclic) bond motifs is 1. The molecule has 4 nitrogen and oxygen atoms in total. The van der Waals surface area contributed by atoms with Crippen molar-refractivity contribution in [1.29, 1.82) is 0 Å². The first-order valence-electron chi connectivity index (χ1n) is 7.89. The van der Waals surface area contributed by atoms with Crippen molar-refractivity contribution in [1.82, 2.24) is 0 Å². The van der Waals surface area contributed by atoms with Crippen molar-refractivity contribution in [2.75, 3.05) is 19.0 Å². The van der Waals surface area contributed by atoms with E-state index in [2.05, 4.69) is 27.3 Å². The summed E-state index contributed by atoms with van der Waals surface area (Å²) >= 11 is 3.54. The second-order valence-electron chi connectivity index (χ2n) is 5.73. The van der Waals surface area contributed by atoms with E-state index in [0.29, 0.717) is 12.8 Å². The summed E-state index contributed by atoms with van der Waals surface area (Å²) in [6, 6.07) is 14.3. The summed E-state index contributed by atoms with van der Waals surface area (Å²) in [6.45, 7) is 0.717. The molecule has 0 spiro atoms. The predicted molar refractivity (Wildman–Crippen MR) is 100 cm³/mol. The van der Waals surface area contributed by atoms with Gasteiger partial charge in [0.15, 0.2) is 0 Å². The summed E-state index contributed by atoms with van der Waals surface area (Å²) in [7, 11) is 1.42. The average molecular weight is 387 g/mol. The largest absolute Gasteiger partial charge is 0.469 e. The molecule has 2 aromatic carbocycles. The van der Waals surface area contributed by atoms with Crippen LogP contribution in [0.3, 0.4) is 0 Å². The first kappa shape index (κ1) is 16.7. The fourth-order valence-corrected chi connectivity index (χ4v) is 3.15. The van der Waals surface area contributed by atoms with Gasteiger partial charge in [0.1, 0.15) is 0 Å². The fourth-order valence-electron chi connectivity index (χ4n) is 2.73. The molecule has 1 aliphatic heterocycles. The normalized spacial score (nSPS) is 12.5. The highest BCUT2D eigenvalue weighted by Gasteiger charge is 2.15. The number of benzene rings is 2. The molecular weight excluding hydrogens is 368 g/mol. The summed E-state index contributed by atoms with van der Waals surface area (Å²) in [5.41, 5.74) is 5.58. The molecule has 124 valence electrons. The van der Waals surface area contributed by atoms with E-state index < -0.39 is 0 Å². The Labute approximate surface area is 150 Å². The Morgan fingerprint density at radius 1 is 1.29 bits per heavy atom. The number of rotatable bonds is 6. The molecule has 0 amide bonds. The number of esters is 1. The molecule has 1 aliphatic rings. The highest BCUT2D eigenvalue weighted by atomic mass is 79.9. The predicted octanol–water partition coefficient (Wildman–Crippen LogP) is 4.30.